The summed E-state index contributed by atoms with van der Waals surface area (Å²) in [4.78, 5) is 9.31. The van der Waals surface area contributed by atoms with E-state index in [0.717, 1.165) is 43.6 Å². The van der Waals surface area contributed by atoms with E-state index >= 15 is 0 Å². The van der Waals surface area contributed by atoms with Gasteiger partial charge in [0.2, 0.25) is 0 Å². The smallest absolute Gasteiger partial charge is 0.128 e. The number of rotatable bonds is 6. The highest BCUT2D eigenvalue weighted by Crippen LogP contribution is 2.21. The molecule has 2 aromatic heterocycles. The number of allylic oxidation sites excluding steroid dienone is 1. The normalized spacial score (nSPS) is 12.6. The summed E-state index contributed by atoms with van der Waals surface area (Å²) < 4.78 is 2.16. The van der Waals surface area contributed by atoms with Crippen LogP contribution in [-0.4, -0.2) is 14.5 Å². The highest BCUT2D eigenvalue weighted by Gasteiger charge is 2.07. The third-order valence-corrected chi connectivity index (χ3v) is 5.87. The first-order valence-electron chi connectivity index (χ1n) is 10.4. The van der Waals surface area contributed by atoms with Gasteiger partial charge in [0.1, 0.15) is 5.82 Å². The quantitative estimate of drug-likeness (QED) is 0.466. The van der Waals surface area contributed by atoms with Crippen molar-refractivity contribution in [2.24, 2.45) is 7.05 Å². The van der Waals surface area contributed by atoms with Crippen molar-refractivity contribution in [3.8, 4) is 0 Å². The summed E-state index contributed by atoms with van der Waals surface area (Å²) >= 11 is 0. The molecular weight excluding hydrogens is 354 g/mol. The van der Waals surface area contributed by atoms with E-state index in [1.54, 1.807) is 0 Å². The van der Waals surface area contributed by atoms with Crippen molar-refractivity contribution in [3.05, 3.63) is 101 Å². The fourth-order valence-corrected chi connectivity index (χ4v) is 4.17. The number of hydrogen-bond donors (Lipinski definition) is 0. The lowest BCUT2D eigenvalue weighted by atomic mass is 10.0. The molecule has 0 N–H and O–H groups in total. The molecule has 1 aliphatic rings. The predicted octanol–water partition coefficient (Wildman–Crippen LogP) is 5.11. The average Bonchev–Trinajstić information content (AvgIpc) is 3.37. The van der Waals surface area contributed by atoms with Gasteiger partial charge >= 0.3 is 0 Å². The molecule has 0 spiro atoms. The van der Waals surface area contributed by atoms with Crippen molar-refractivity contribution in [3.63, 3.8) is 0 Å². The Morgan fingerprint density at radius 1 is 0.897 bits per heavy atom. The van der Waals surface area contributed by atoms with Gasteiger partial charge in [0.25, 0.3) is 0 Å². The van der Waals surface area contributed by atoms with Crippen molar-refractivity contribution in [1.29, 1.82) is 0 Å². The molecular formula is C26H25N3. The van der Waals surface area contributed by atoms with Gasteiger partial charge in [0.05, 0.1) is 0 Å². The Hall–Kier alpha value is -3.20. The molecule has 4 aromatic rings. The van der Waals surface area contributed by atoms with Crippen LogP contribution < -0.4 is 0 Å². The highest BCUT2D eigenvalue weighted by atomic mass is 14.9. The van der Waals surface area contributed by atoms with Gasteiger partial charge in [-0.25, -0.2) is 9.97 Å². The lowest BCUT2D eigenvalue weighted by Gasteiger charge is -2.07. The Bertz CT molecular complexity index is 1200. The molecule has 2 heterocycles. The Kier molecular flexibility index (Phi) is 4.73. The Morgan fingerprint density at radius 2 is 1.76 bits per heavy atom. The summed E-state index contributed by atoms with van der Waals surface area (Å²) in [6, 6.07) is 17.8. The van der Waals surface area contributed by atoms with Crippen LogP contribution in [0, 0.1) is 0 Å². The second kappa shape index (κ2) is 7.67. The lowest BCUT2D eigenvalue weighted by molar-refractivity contribution is 0.814. The summed E-state index contributed by atoms with van der Waals surface area (Å²) in [5.41, 5.74) is 7.93. The van der Waals surface area contributed by atoms with Gasteiger partial charge in [-0.2, -0.15) is 0 Å². The maximum atomic E-state index is 4.81. The maximum Gasteiger partial charge on any atom is 0.128 e. The van der Waals surface area contributed by atoms with Gasteiger partial charge in [0, 0.05) is 37.1 Å². The molecule has 5 rings (SSSR count). The largest absolute Gasteiger partial charge is 0.351 e. The molecule has 3 heteroatoms. The van der Waals surface area contributed by atoms with Crippen LogP contribution >= 0.6 is 0 Å². The Labute approximate surface area is 171 Å². The molecule has 0 radical (unpaired) electrons. The molecule has 0 bridgehead atoms. The summed E-state index contributed by atoms with van der Waals surface area (Å²) in [7, 11) is 2.08. The van der Waals surface area contributed by atoms with Crippen LogP contribution in [-0.2, 0) is 39.2 Å². The minimum absolute atomic E-state index is 0.871. The summed E-state index contributed by atoms with van der Waals surface area (Å²) in [5.74, 6) is 0.938. The van der Waals surface area contributed by atoms with Gasteiger partial charge in [-0.3, -0.25) is 0 Å². The predicted molar refractivity (Wildman–Crippen MR) is 119 cm³/mol. The number of nitrogens with zero attached hydrogens (tertiary/aromatic N) is 3. The second-order valence-electron chi connectivity index (χ2n) is 7.92. The molecule has 0 saturated carbocycles. The zero-order valence-electron chi connectivity index (χ0n) is 16.8. The molecule has 29 heavy (non-hydrogen) atoms. The molecule has 0 amide bonds. The average molecular weight is 380 g/mol. The molecule has 2 aromatic carbocycles. The molecule has 3 nitrogen and oxygen atoms in total. The third kappa shape index (κ3) is 3.86. The van der Waals surface area contributed by atoms with Crippen molar-refractivity contribution < 1.29 is 0 Å². The van der Waals surface area contributed by atoms with E-state index in [-0.39, 0.29) is 0 Å². The summed E-state index contributed by atoms with van der Waals surface area (Å²) in [5, 5.41) is 1.30. The van der Waals surface area contributed by atoms with Crippen molar-refractivity contribution in [1.82, 2.24) is 14.5 Å². The van der Waals surface area contributed by atoms with Crippen LogP contribution in [0.3, 0.4) is 0 Å². The fraction of sp³-hybridized carbons (Fsp3) is 0.231. The zero-order chi connectivity index (χ0) is 19.6. The molecule has 0 saturated heterocycles. The number of aromatic nitrogens is 3. The first kappa shape index (κ1) is 17.9. The third-order valence-electron chi connectivity index (χ3n) is 5.87. The van der Waals surface area contributed by atoms with Crippen molar-refractivity contribution >= 4 is 17.0 Å². The Balaban J connectivity index is 1.22. The second-order valence-corrected chi connectivity index (χ2v) is 7.92. The molecule has 0 fully saturated rings. The molecule has 144 valence electrons. The Morgan fingerprint density at radius 3 is 2.72 bits per heavy atom. The fourth-order valence-electron chi connectivity index (χ4n) is 4.17. The van der Waals surface area contributed by atoms with Gasteiger partial charge in [-0.1, -0.05) is 36.4 Å². The molecule has 1 aliphatic carbocycles. The van der Waals surface area contributed by atoms with Crippen LogP contribution in [0.1, 0.15) is 33.8 Å². The maximum absolute atomic E-state index is 4.81. The van der Waals surface area contributed by atoms with E-state index < -0.39 is 0 Å². The standard InChI is InChI=1S/C26H25N3/c1-29-16-14-23-18-20(7-11-25(23)29)8-12-26-27-15-13-24(28-26)10-6-19-5-9-21-3-2-4-22(21)17-19/h2,4-5,7,9,11,13-18H,3,6,8,10,12H2,1H3. The van der Waals surface area contributed by atoms with E-state index in [4.69, 9.17) is 4.98 Å². The highest BCUT2D eigenvalue weighted by molar-refractivity contribution is 5.80. The lowest BCUT2D eigenvalue weighted by Crippen LogP contribution is -2.02. The van der Waals surface area contributed by atoms with Crippen LogP contribution in [0.25, 0.3) is 17.0 Å². The first-order chi connectivity index (χ1) is 14.2. The van der Waals surface area contributed by atoms with Crippen LogP contribution in [0.15, 0.2) is 67.0 Å². The SMILES string of the molecule is Cn1ccc2cc(CCc3nccc(CCc4ccc5c(c4)C=CC5)n3)ccc21. The van der Waals surface area contributed by atoms with E-state index in [0.29, 0.717) is 0 Å². The van der Waals surface area contributed by atoms with E-state index in [2.05, 4.69) is 77.4 Å². The van der Waals surface area contributed by atoms with Gasteiger partial charge in [0.15, 0.2) is 0 Å². The van der Waals surface area contributed by atoms with Gasteiger partial charge < -0.3 is 4.57 Å². The molecule has 0 aliphatic heterocycles. The topological polar surface area (TPSA) is 30.7 Å². The van der Waals surface area contributed by atoms with E-state index in [1.165, 1.54) is 33.2 Å². The van der Waals surface area contributed by atoms with Gasteiger partial charge in [-0.15, -0.1) is 0 Å². The number of aryl methyl sites for hydroxylation is 5. The van der Waals surface area contributed by atoms with Crippen LogP contribution in [0.2, 0.25) is 0 Å². The van der Waals surface area contributed by atoms with E-state index in [1.807, 2.05) is 12.3 Å². The minimum Gasteiger partial charge on any atom is -0.351 e. The summed E-state index contributed by atoms with van der Waals surface area (Å²) in [6.07, 6.45) is 13.4. The minimum atomic E-state index is 0.871. The molecule has 0 atom stereocenters. The monoisotopic (exact) mass is 379 g/mol. The number of fused-ring (bicyclic) bond motifs is 2. The first-order valence-corrected chi connectivity index (χ1v) is 10.4. The number of hydrogen-bond acceptors (Lipinski definition) is 2. The number of benzene rings is 2. The summed E-state index contributed by atoms with van der Waals surface area (Å²) in [6.45, 7) is 0. The van der Waals surface area contributed by atoms with Crippen molar-refractivity contribution in [2.75, 3.05) is 0 Å². The molecule has 0 unspecified atom stereocenters. The van der Waals surface area contributed by atoms with Gasteiger partial charge in [-0.05, 0) is 77.6 Å². The van der Waals surface area contributed by atoms with Crippen LogP contribution in [0.4, 0.5) is 0 Å². The van der Waals surface area contributed by atoms with E-state index in [9.17, 15) is 0 Å². The zero-order valence-corrected chi connectivity index (χ0v) is 16.8. The van der Waals surface area contributed by atoms with Crippen LogP contribution in [0.5, 0.6) is 0 Å². The van der Waals surface area contributed by atoms with Crippen molar-refractivity contribution in [2.45, 2.75) is 32.1 Å².